The van der Waals surface area contributed by atoms with Crippen LogP contribution in [0.5, 0.6) is 11.9 Å². The van der Waals surface area contributed by atoms with Gasteiger partial charge in [-0.3, -0.25) is 4.79 Å². The second-order valence-electron chi connectivity index (χ2n) is 9.96. The van der Waals surface area contributed by atoms with Crippen molar-refractivity contribution in [1.29, 1.82) is 0 Å². The summed E-state index contributed by atoms with van der Waals surface area (Å²) < 4.78 is 62.8. The summed E-state index contributed by atoms with van der Waals surface area (Å²) in [6.07, 6.45) is 1.86. The molecule has 4 aromatic rings. The van der Waals surface area contributed by atoms with Gasteiger partial charge in [0, 0.05) is 17.4 Å². The molecule has 0 unspecified atom stereocenters. The molecular formula is C27H24F4N6O3. The summed E-state index contributed by atoms with van der Waals surface area (Å²) in [5, 5.41) is 4.32. The molecule has 3 aromatic heterocycles. The zero-order valence-corrected chi connectivity index (χ0v) is 21.6. The Morgan fingerprint density at radius 3 is 2.48 bits per heavy atom. The van der Waals surface area contributed by atoms with Gasteiger partial charge in [-0.1, -0.05) is 18.2 Å². The molecule has 40 heavy (non-hydrogen) atoms. The van der Waals surface area contributed by atoms with E-state index in [4.69, 9.17) is 9.47 Å². The Bertz CT molecular complexity index is 1610. The van der Waals surface area contributed by atoms with Crippen LogP contribution in [-0.2, 0) is 10.2 Å². The molecule has 13 heteroatoms. The van der Waals surface area contributed by atoms with E-state index >= 15 is 0 Å². The van der Waals surface area contributed by atoms with Gasteiger partial charge in [0.15, 0.2) is 5.65 Å². The van der Waals surface area contributed by atoms with Crippen LogP contribution in [0.15, 0.2) is 42.7 Å². The molecule has 1 amide bonds. The van der Waals surface area contributed by atoms with Crippen LogP contribution in [0.25, 0.3) is 16.9 Å². The van der Waals surface area contributed by atoms with Gasteiger partial charge in [-0.2, -0.15) is 32.2 Å². The van der Waals surface area contributed by atoms with E-state index in [2.05, 4.69) is 20.1 Å². The second kappa shape index (κ2) is 9.42. The number of hydrogen-bond donors (Lipinski definition) is 0. The van der Waals surface area contributed by atoms with Crippen molar-refractivity contribution in [2.45, 2.75) is 43.2 Å². The largest absolute Gasteiger partial charge is 0.480 e. The van der Waals surface area contributed by atoms with E-state index in [0.717, 1.165) is 28.9 Å². The maximum absolute atomic E-state index is 14.0. The molecule has 7 rings (SSSR count). The number of aromatic nitrogens is 5. The minimum atomic E-state index is -4.36. The summed E-state index contributed by atoms with van der Waals surface area (Å²) in [5.41, 5.74) is 3.20. The van der Waals surface area contributed by atoms with E-state index in [0.29, 0.717) is 47.2 Å². The summed E-state index contributed by atoms with van der Waals surface area (Å²) in [4.78, 5) is 25.3. The SMILES string of the molecule is COc1ncc(-c2cc(C3CC3)c3ncc(F)n3n2)c(OC)n1.O=C1N(CC(F)(F)F)c2ccccc2C12CC2. The van der Waals surface area contributed by atoms with Gasteiger partial charge >= 0.3 is 12.2 Å². The molecule has 0 N–H and O–H groups in total. The maximum atomic E-state index is 14.0. The highest BCUT2D eigenvalue weighted by Gasteiger charge is 2.60. The van der Waals surface area contributed by atoms with Gasteiger partial charge < -0.3 is 14.4 Å². The predicted molar refractivity (Wildman–Crippen MR) is 135 cm³/mol. The third-order valence-corrected chi connectivity index (χ3v) is 7.31. The molecule has 3 aliphatic rings. The Morgan fingerprint density at radius 1 is 1.07 bits per heavy atom. The first-order valence-electron chi connectivity index (χ1n) is 12.6. The van der Waals surface area contributed by atoms with Gasteiger partial charge in [0.05, 0.1) is 37.1 Å². The van der Waals surface area contributed by atoms with Crippen LogP contribution in [0.2, 0.25) is 0 Å². The molecule has 1 aliphatic heterocycles. The summed E-state index contributed by atoms with van der Waals surface area (Å²) in [5.74, 6) is -0.176. The summed E-state index contributed by atoms with van der Waals surface area (Å²) >= 11 is 0. The summed E-state index contributed by atoms with van der Waals surface area (Å²) in [6, 6.07) is 8.89. The Balaban J connectivity index is 0.000000151. The Labute approximate surface area is 225 Å². The predicted octanol–water partition coefficient (Wildman–Crippen LogP) is 4.85. The van der Waals surface area contributed by atoms with Crippen LogP contribution in [0, 0.1) is 5.95 Å². The Kier molecular flexibility index (Phi) is 6.11. The van der Waals surface area contributed by atoms with E-state index < -0.39 is 30.0 Å². The number of rotatable bonds is 5. The molecule has 4 heterocycles. The van der Waals surface area contributed by atoms with E-state index in [1.165, 1.54) is 24.9 Å². The van der Waals surface area contributed by atoms with Crippen LogP contribution in [0.4, 0.5) is 23.2 Å². The average molecular weight is 557 g/mol. The van der Waals surface area contributed by atoms with Crippen molar-refractivity contribution in [3.63, 3.8) is 0 Å². The third-order valence-electron chi connectivity index (χ3n) is 7.31. The molecule has 9 nitrogen and oxygen atoms in total. The minimum Gasteiger partial charge on any atom is -0.480 e. The van der Waals surface area contributed by atoms with Gasteiger partial charge in [-0.25, -0.2) is 9.97 Å². The molecule has 0 bridgehead atoms. The lowest BCUT2D eigenvalue weighted by Gasteiger charge is -2.19. The number of para-hydroxylation sites is 1. The number of alkyl halides is 3. The van der Waals surface area contributed by atoms with Crippen molar-refractivity contribution in [1.82, 2.24) is 24.6 Å². The van der Waals surface area contributed by atoms with Crippen molar-refractivity contribution in [2.24, 2.45) is 0 Å². The van der Waals surface area contributed by atoms with Crippen molar-refractivity contribution >= 4 is 17.2 Å². The number of ether oxygens (including phenoxy) is 2. The average Bonchev–Trinajstić information content (AvgIpc) is 3.88. The maximum Gasteiger partial charge on any atom is 0.406 e. The number of benzene rings is 1. The number of methoxy groups -OCH3 is 2. The van der Waals surface area contributed by atoms with Crippen LogP contribution in [0.1, 0.15) is 42.7 Å². The normalized spacial score (nSPS) is 17.1. The molecule has 2 saturated carbocycles. The zero-order valence-electron chi connectivity index (χ0n) is 21.6. The number of hydrogen-bond acceptors (Lipinski definition) is 7. The lowest BCUT2D eigenvalue weighted by molar-refractivity contribution is -0.132. The molecule has 2 aliphatic carbocycles. The van der Waals surface area contributed by atoms with Gasteiger partial charge in [-0.05, 0) is 49.3 Å². The van der Waals surface area contributed by atoms with Gasteiger partial charge in [0.2, 0.25) is 17.7 Å². The third kappa shape index (κ3) is 4.48. The fourth-order valence-corrected chi connectivity index (χ4v) is 5.11. The number of imidazole rings is 1. The summed E-state index contributed by atoms with van der Waals surface area (Å²) in [7, 11) is 2.98. The molecule has 2 fully saturated rings. The first-order valence-corrected chi connectivity index (χ1v) is 12.6. The highest BCUT2D eigenvalue weighted by molar-refractivity contribution is 6.10. The van der Waals surface area contributed by atoms with Crippen molar-refractivity contribution in [3.05, 3.63) is 59.8 Å². The number of halogens is 4. The number of amides is 1. The smallest absolute Gasteiger partial charge is 0.406 e. The topological polar surface area (TPSA) is 94.7 Å². The van der Waals surface area contributed by atoms with E-state index in [1.54, 1.807) is 30.5 Å². The minimum absolute atomic E-state index is 0.197. The van der Waals surface area contributed by atoms with Crippen molar-refractivity contribution in [3.8, 4) is 23.1 Å². The van der Waals surface area contributed by atoms with E-state index in [9.17, 15) is 22.4 Å². The lowest BCUT2D eigenvalue weighted by Crippen LogP contribution is -2.39. The van der Waals surface area contributed by atoms with Gasteiger partial charge in [0.25, 0.3) is 0 Å². The van der Waals surface area contributed by atoms with Crippen LogP contribution < -0.4 is 14.4 Å². The number of fused-ring (bicyclic) bond motifs is 3. The van der Waals surface area contributed by atoms with Crippen molar-refractivity contribution < 1.29 is 31.8 Å². The van der Waals surface area contributed by atoms with Crippen molar-refractivity contribution in [2.75, 3.05) is 25.7 Å². The highest BCUT2D eigenvalue weighted by atomic mass is 19.4. The first kappa shape index (κ1) is 26.0. The molecule has 0 saturated heterocycles. The fraction of sp³-hybridized carbons (Fsp3) is 0.370. The Hall–Kier alpha value is -4.29. The standard InChI is InChI=1S/C15H14FN5O2.C12H10F3NO/c1-22-14-10(6-18-15(19-14)23-2)11-5-9(8-3-4-8)13-17-7-12(16)21(13)20-11;13-12(14,15)7-16-9-4-2-1-3-8(9)11(5-6-11)10(16)17/h5-8H,3-4H2,1-2H3;1-4H,5-7H2. The molecule has 1 spiro atoms. The molecule has 208 valence electrons. The van der Waals surface area contributed by atoms with Crippen LogP contribution >= 0.6 is 0 Å². The van der Waals surface area contributed by atoms with E-state index in [-0.39, 0.29) is 6.01 Å². The van der Waals surface area contributed by atoms with Crippen LogP contribution in [0.3, 0.4) is 0 Å². The first-order chi connectivity index (χ1) is 19.1. The van der Waals surface area contributed by atoms with Gasteiger partial charge in [-0.15, -0.1) is 0 Å². The quantitative estimate of drug-likeness (QED) is 0.325. The number of carbonyl (C=O) groups is 1. The number of nitrogens with zero attached hydrogens (tertiary/aromatic N) is 6. The van der Waals surface area contributed by atoms with Crippen LogP contribution in [-0.4, -0.2) is 57.4 Å². The molecule has 0 atom stereocenters. The Morgan fingerprint density at radius 2 is 1.82 bits per heavy atom. The molecular weight excluding hydrogens is 532 g/mol. The molecule has 0 radical (unpaired) electrons. The zero-order chi connectivity index (χ0) is 28.2. The number of carbonyl (C=O) groups excluding carboxylic acids is 1. The highest BCUT2D eigenvalue weighted by Crippen LogP contribution is 2.57. The van der Waals surface area contributed by atoms with E-state index in [1.807, 2.05) is 6.07 Å². The molecule has 1 aromatic carbocycles. The second-order valence-corrected chi connectivity index (χ2v) is 9.96. The summed E-state index contributed by atoms with van der Waals surface area (Å²) in [6.45, 7) is -1.19. The monoisotopic (exact) mass is 556 g/mol. The fourth-order valence-electron chi connectivity index (χ4n) is 5.11. The number of anilines is 1. The van der Waals surface area contributed by atoms with Gasteiger partial charge in [0.1, 0.15) is 6.54 Å². The lowest BCUT2D eigenvalue weighted by atomic mass is 9.98.